The Labute approximate surface area is 158 Å². The molecule has 5 nitrogen and oxygen atoms in total. The Kier molecular flexibility index (Phi) is 5.93. The lowest BCUT2D eigenvalue weighted by Crippen LogP contribution is -2.18. The molecule has 3 rings (SSSR count). The van der Waals surface area contributed by atoms with Crippen molar-refractivity contribution in [3.8, 4) is 17.6 Å². The standard InChI is InChI=1S/C21H19N2O3P/c22-15-17-11-13-18(14-12-17)21(16-23)27(24,25-19-7-3-1-4-8-19)26-20-9-5-2-6-10-20/h1-14,21H,16,23H2. The molecule has 0 spiro atoms. The molecule has 0 radical (unpaired) electrons. The molecule has 0 aliphatic rings. The van der Waals surface area contributed by atoms with Crippen molar-refractivity contribution in [3.63, 3.8) is 0 Å². The monoisotopic (exact) mass is 378 g/mol. The number of nitriles is 1. The van der Waals surface area contributed by atoms with Gasteiger partial charge in [-0.1, -0.05) is 48.5 Å². The third kappa shape index (κ3) is 4.57. The minimum Gasteiger partial charge on any atom is -0.416 e. The smallest absolute Gasteiger partial charge is 0.416 e. The van der Waals surface area contributed by atoms with Gasteiger partial charge in [0.2, 0.25) is 0 Å². The first-order valence-corrected chi connectivity index (χ1v) is 10.0. The van der Waals surface area contributed by atoms with Gasteiger partial charge in [-0.15, -0.1) is 0 Å². The Morgan fingerprint density at radius 1 is 0.852 bits per heavy atom. The van der Waals surface area contributed by atoms with E-state index in [1.807, 2.05) is 12.1 Å². The minimum absolute atomic E-state index is 0.0584. The van der Waals surface area contributed by atoms with Crippen LogP contribution >= 0.6 is 7.60 Å². The third-order valence-corrected chi connectivity index (χ3v) is 6.18. The fourth-order valence-electron chi connectivity index (χ4n) is 2.63. The van der Waals surface area contributed by atoms with Crippen molar-refractivity contribution in [3.05, 3.63) is 96.1 Å². The van der Waals surface area contributed by atoms with Gasteiger partial charge in [0.25, 0.3) is 0 Å². The van der Waals surface area contributed by atoms with Gasteiger partial charge in [-0.05, 0) is 42.0 Å². The van der Waals surface area contributed by atoms with Crippen LogP contribution < -0.4 is 14.8 Å². The highest BCUT2D eigenvalue weighted by Gasteiger charge is 2.39. The van der Waals surface area contributed by atoms with Crippen molar-refractivity contribution in [2.24, 2.45) is 5.73 Å². The van der Waals surface area contributed by atoms with Crippen molar-refractivity contribution < 1.29 is 13.6 Å². The van der Waals surface area contributed by atoms with E-state index in [-0.39, 0.29) is 6.54 Å². The van der Waals surface area contributed by atoms with E-state index >= 15 is 0 Å². The highest BCUT2D eigenvalue weighted by Crippen LogP contribution is 2.59. The fourth-order valence-corrected chi connectivity index (χ4v) is 4.55. The normalized spacial score (nSPS) is 12.0. The molecule has 0 aromatic heterocycles. The predicted molar refractivity (Wildman–Crippen MR) is 105 cm³/mol. The fraction of sp³-hybridized carbons (Fsp3) is 0.0952. The van der Waals surface area contributed by atoms with Crippen LogP contribution in [-0.4, -0.2) is 6.54 Å². The SMILES string of the molecule is N#Cc1ccc(C(CN)P(=O)(Oc2ccccc2)Oc2ccccc2)cc1. The van der Waals surface area contributed by atoms with Gasteiger partial charge < -0.3 is 14.8 Å². The van der Waals surface area contributed by atoms with E-state index in [0.29, 0.717) is 22.6 Å². The van der Waals surface area contributed by atoms with Crippen molar-refractivity contribution in [1.29, 1.82) is 5.26 Å². The second-order valence-electron chi connectivity index (χ2n) is 5.83. The largest absolute Gasteiger partial charge is 0.439 e. The predicted octanol–water partition coefficient (Wildman–Crippen LogP) is 4.91. The molecule has 0 heterocycles. The minimum atomic E-state index is -3.73. The summed E-state index contributed by atoms with van der Waals surface area (Å²) in [5.41, 5.74) is 6.48. The lowest BCUT2D eigenvalue weighted by Gasteiger charge is -2.27. The van der Waals surface area contributed by atoms with Gasteiger partial charge in [0.15, 0.2) is 0 Å². The summed E-state index contributed by atoms with van der Waals surface area (Å²) in [6, 6.07) is 26.6. The highest BCUT2D eigenvalue weighted by atomic mass is 31.2. The summed E-state index contributed by atoms with van der Waals surface area (Å²) in [5.74, 6) is 0.868. The average Bonchev–Trinajstić information content (AvgIpc) is 2.70. The van der Waals surface area contributed by atoms with Gasteiger partial charge in [0, 0.05) is 6.54 Å². The summed E-state index contributed by atoms with van der Waals surface area (Å²) in [6.07, 6.45) is 0. The highest BCUT2D eigenvalue weighted by molar-refractivity contribution is 7.55. The Hall–Kier alpha value is -3.06. The molecule has 1 unspecified atom stereocenters. The molecule has 2 N–H and O–H groups in total. The number of nitrogens with zero attached hydrogens (tertiary/aromatic N) is 1. The molecule has 136 valence electrons. The molecule has 0 aliphatic carbocycles. The van der Waals surface area contributed by atoms with Crippen LogP contribution in [0.1, 0.15) is 16.8 Å². The third-order valence-electron chi connectivity index (χ3n) is 3.98. The summed E-state index contributed by atoms with van der Waals surface area (Å²) < 4.78 is 25.6. The van der Waals surface area contributed by atoms with Gasteiger partial charge >= 0.3 is 7.60 Å². The van der Waals surface area contributed by atoms with E-state index in [9.17, 15) is 4.57 Å². The Morgan fingerprint density at radius 3 is 1.74 bits per heavy atom. The molecule has 0 saturated carbocycles. The van der Waals surface area contributed by atoms with Crippen LogP contribution in [0.25, 0.3) is 0 Å². The quantitative estimate of drug-likeness (QED) is 0.591. The molecular formula is C21H19N2O3P. The van der Waals surface area contributed by atoms with Crippen molar-refractivity contribution in [1.82, 2.24) is 0 Å². The van der Waals surface area contributed by atoms with Crippen LogP contribution in [0.2, 0.25) is 0 Å². The van der Waals surface area contributed by atoms with Crippen molar-refractivity contribution in [2.75, 3.05) is 6.54 Å². The maximum Gasteiger partial charge on any atom is 0.439 e. The Balaban J connectivity index is 2.00. The molecule has 0 bridgehead atoms. The van der Waals surface area contributed by atoms with Gasteiger partial charge in [0.05, 0.1) is 11.6 Å². The van der Waals surface area contributed by atoms with E-state index in [2.05, 4.69) is 6.07 Å². The first-order chi connectivity index (χ1) is 13.1. The first-order valence-electron chi connectivity index (χ1n) is 8.44. The van der Waals surface area contributed by atoms with Crippen molar-refractivity contribution >= 4 is 7.60 Å². The van der Waals surface area contributed by atoms with E-state index < -0.39 is 13.3 Å². The summed E-state index contributed by atoms with van der Waals surface area (Å²) in [4.78, 5) is 0. The topological polar surface area (TPSA) is 85.3 Å². The van der Waals surface area contributed by atoms with Crippen LogP contribution in [-0.2, 0) is 4.57 Å². The molecule has 0 aliphatic heterocycles. The molecular weight excluding hydrogens is 359 g/mol. The molecule has 0 saturated heterocycles. The second-order valence-corrected chi connectivity index (χ2v) is 7.90. The van der Waals surface area contributed by atoms with Gasteiger partial charge in [0.1, 0.15) is 17.2 Å². The first kappa shape index (κ1) is 18.7. The van der Waals surface area contributed by atoms with Crippen LogP contribution in [0.5, 0.6) is 11.5 Å². The van der Waals surface area contributed by atoms with Gasteiger partial charge in [-0.25, -0.2) is 4.57 Å². The van der Waals surface area contributed by atoms with E-state index in [1.54, 1.807) is 72.8 Å². The number of hydrogen-bond acceptors (Lipinski definition) is 5. The summed E-state index contributed by atoms with van der Waals surface area (Å²) in [6.45, 7) is 0.0584. The molecule has 0 fully saturated rings. The number of benzene rings is 3. The second kappa shape index (κ2) is 8.55. The zero-order chi connectivity index (χ0) is 19.1. The molecule has 0 amide bonds. The lowest BCUT2D eigenvalue weighted by molar-refractivity contribution is 0.373. The summed E-state index contributed by atoms with van der Waals surface area (Å²) in [7, 11) is -3.73. The maximum absolute atomic E-state index is 13.8. The zero-order valence-corrected chi connectivity index (χ0v) is 15.5. The Morgan fingerprint density at radius 2 is 1.33 bits per heavy atom. The molecule has 1 atom stereocenters. The van der Waals surface area contributed by atoms with Crippen LogP contribution in [0, 0.1) is 11.3 Å². The summed E-state index contributed by atoms with van der Waals surface area (Å²) in [5, 5.41) is 8.99. The van der Waals surface area contributed by atoms with Crippen molar-refractivity contribution in [2.45, 2.75) is 5.66 Å². The van der Waals surface area contributed by atoms with Gasteiger partial charge in [-0.3, -0.25) is 0 Å². The number of para-hydroxylation sites is 2. The number of nitrogens with two attached hydrogens (primary N) is 1. The molecule has 3 aromatic carbocycles. The molecule has 27 heavy (non-hydrogen) atoms. The average molecular weight is 378 g/mol. The molecule has 6 heteroatoms. The summed E-state index contributed by atoms with van der Waals surface area (Å²) >= 11 is 0. The van der Waals surface area contributed by atoms with Gasteiger partial charge in [-0.2, -0.15) is 5.26 Å². The molecule has 3 aromatic rings. The Bertz CT molecular complexity index is 909. The maximum atomic E-state index is 13.8. The van der Waals surface area contributed by atoms with E-state index in [4.69, 9.17) is 20.0 Å². The van der Waals surface area contributed by atoms with E-state index in [1.165, 1.54) is 0 Å². The van der Waals surface area contributed by atoms with Crippen LogP contribution in [0.3, 0.4) is 0 Å². The number of rotatable bonds is 7. The number of hydrogen-bond donors (Lipinski definition) is 1. The van der Waals surface area contributed by atoms with Crippen LogP contribution in [0.4, 0.5) is 0 Å². The van der Waals surface area contributed by atoms with Crippen LogP contribution in [0.15, 0.2) is 84.9 Å². The van der Waals surface area contributed by atoms with E-state index in [0.717, 1.165) is 0 Å². The zero-order valence-electron chi connectivity index (χ0n) is 14.6. The lowest BCUT2D eigenvalue weighted by atomic mass is 10.1.